The van der Waals surface area contributed by atoms with Crippen molar-refractivity contribution in [1.29, 1.82) is 0 Å². The summed E-state index contributed by atoms with van der Waals surface area (Å²) in [5, 5.41) is 1.02. The first kappa shape index (κ1) is 12.4. The molecule has 0 atom stereocenters. The third-order valence-electron chi connectivity index (χ3n) is 4.10. The van der Waals surface area contributed by atoms with E-state index in [0.29, 0.717) is 11.6 Å². The van der Waals surface area contributed by atoms with E-state index in [1.165, 1.54) is 0 Å². The Kier molecular flexibility index (Phi) is 2.88. The smallest absolute Gasteiger partial charge is 0.254 e. The number of nitrogens with zero attached hydrogens (tertiary/aromatic N) is 1. The lowest BCUT2D eigenvalue weighted by atomic mass is 10.1. The highest BCUT2D eigenvalue weighted by molar-refractivity contribution is 5.81. The predicted octanol–water partition coefficient (Wildman–Crippen LogP) is 3.45. The minimum Gasteiger partial charge on any atom is -0.453 e. The zero-order valence-corrected chi connectivity index (χ0v) is 11.7. The second kappa shape index (κ2) is 4.88. The summed E-state index contributed by atoms with van der Waals surface area (Å²) in [7, 11) is 0. The number of aromatic amines is 1. The van der Waals surface area contributed by atoms with Crippen LogP contribution in [0.5, 0.6) is 0 Å². The first-order chi connectivity index (χ1) is 10.3. The Balaban J connectivity index is 1.86. The Hall–Kier alpha value is -2.36. The first-order valence-corrected chi connectivity index (χ1v) is 7.42. The van der Waals surface area contributed by atoms with Gasteiger partial charge in [0.15, 0.2) is 11.6 Å². The van der Waals surface area contributed by atoms with Gasteiger partial charge in [-0.25, -0.2) is 4.98 Å². The molecule has 4 heteroatoms. The van der Waals surface area contributed by atoms with Gasteiger partial charge in [0.1, 0.15) is 5.58 Å². The van der Waals surface area contributed by atoms with Gasteiger partial charge < -0.3 is 9.40 Å². The van der Waals surface area contributed by atoms with E-state index in [9.17, 15) is 4.79 Å². The van der Waals surface area contributed by atoms with Crippen LogP contribution < -0.4 is 5.56 Å². The summed E-state index contributed by atoms with van der Waals surface area (Å²) in [6, 6.07) is 9.73. The molecule has 0 saturated carbocycles. The number of rotatable bonds is 1. The molecule has 1 N–H and O–H groups in total. The van der Waals surface area contributed by atoms with E-state index >= 15 is 0 Å². The first-order valence-electron chi connectivity index (χ1n) is 7.42. The van der Waals surface area contributed by atoms with Crippen LogP contribution in [0.1, 0.15) is 30.5 Å². The summed E-state index contributed by atoms with van der Waals surface area (Å²) < 4.78 is 5.80. The third kappa shape index (κ3) is 2.17. The Morgan fingerprint density at radius 3 is 2.86 bits per heavy atom. The molecule has 4 nitrogen and oxygen atoms in total. The zero-order chi connectivity index (χ0) is 14.2. The number of H-pyrrole nitrogens is 1. The molecule has 0 aliphatic heterocycles. The molecule has 0 fully saturated rings. The highest BCUT2D eigenvalue weighted by atomic mass is 16.3. The maximum atomic E-state index is 12.3. The van der Waals surface area contributed by atoms with E-state index in [2.05, 4.69) is 9.97 Å². The molecule has 0 amide bonds. The second-order valence-corrected chi connectivity index (χ2v) is 5.55. The number of nitrogens with one attached hydrogen (secondary N) is 1. The minimum atomic E-state index is -0.0163. The topological polar surface area (TPSA) is 58.9 Å². The molecular formula is C17H16N2O2. The summed E-state index contributed by atoms with van der Waals surface area (Å²) >= 11 is 0. The Morgan fingerprint density at radius 1 is 1.10 bits per heavy atom. The summed E-state index contributed by atoms with van der Waals surface area (Å²) in [6.07, 6.45) is 5.05. The van der Waals surface area contributed by atoms with Crippen LogP contribution in [0.3, 0.4) is 0 Å². The fourth-order valence-electron chi connectivity index (χ4n) is 3.00. The number of aromatic nitrogens is 2. The van der Waals surface area contributed by atoms with Gasteiger partial charge in [-0.2, -0.15) is 0 Å². The van der Waals surface area contributed by atoms with Crippen LogP contribution in [0.25, 0.3) is 22.6 Å². The number of benzene rings is 1. The van der Waals surface area contributed by atoms with Crippen molar-refractivity contribution in [3.8, 4) is 11.6 Å². The van der Waals surface area contributed by atoms with E-state index < -0.39 is 0 Å². The van der Waals surface area contributed by atoms with Gasteiger partial charge in [0, 0.05) is 10.9 Å². The summed E-state index contributed by atoms with van der Waals surface area (Å²) in [5.41, 5.74) is 2.58. The zero-order valence-electron chi connectivity index (χ0n) is 11.7. The molecule has 3 aromatic rings. The monoisotopic (exact) mass is 280 g/mol. The quantitative estimate of drug-likeness (QED) is 0.694. The molecule has 4 rings (SSSR count). The largest absolute Gasteiger partial charge is 0.453 e. The molecule has 1 aromatic carbocycles. The fourth-order valence-corrected chi connectivity index (χ4v) is 3.00. The fraction of sp³-hybridized carbons (Fsp3) is 0.294. The molecule has 0 unspecified atom stereocenters. The van der Waals surface area contributed by atoms with Crippen molar-refractivity contribution in [3.05, 3.63) is 51.9 Å². The average molecular weight is 280 g/mol. The van der Waals surface area contributed by atoms with Crippen molar-refractivity contribution < 1.29 is 4.42 Å². The number of furan rings is 1. The van der Waals surface area contributed by atoms with Gasteiger partial charge in [-0.05, 0) is 37.8 Å². The van der Waals surface area contributed by atoms with Crippen LogP contribution in [-0.2, 0) is 12.8 Å². The lowest BCUT2D eigenvalue weighted by Gasteiger charge is -2.05. The van der Waals surface area contributed by atoms with Gasteiger partial charge in [0.05, 0.1) is 5.69 Å². The molecule has 0 spiro atoms. The number of hydrogen-bond acceptors (Lipinski definition) is 3. The van der Waals surface area contributed by atoms with Crippen LogP contribution in [-0.4, -0.2) is 9.97 Å². The molecule has 106 valence electrons. The van der Waals surface area contributed by atoms with Crippen molar-refractivity contribution in [2.75, 3.05) is 0 Å². The molecule has 1 aliphatic rings. The molecular weight excluding hydrogens is 264 g/mol. The molecule has 0 saturated heterocycles. The van der Waals surface area contributed by atoms with Crippen LogP contribution in [0.4, 0.5) is 0 Å². The Morgan fingerprint density at radius 2 is 1.95 bits per heavy atom. The number of aryl methyl sites for hydroxylation is 1. The van der Waals surface area contributed by atoms with Crippen LogP contribution >= 0.6 is 0 Å². The van der Waals surface area contributed by atoms with Gasteiger partial charge in [0.2, 0.25) is 0 Å². The van der Waals surface area contributed by atoms with Gasteiger partial charge in [-0.1, -0.05) is 24.6 Å². The van der Waals surface area contributed by atoms with E-state index in [4.69, 9.17) is 4.42 Å². The number of hydrogen-bond donors (Lipinski definition) is 1. The lowest BCUT2D eigenvalue weighted by Crippen LogP contribution is -2.17. The lowest BCUT2D eigenvalue weighted by molar-refractivity contribution is 0.623. The highest BCUT2D eigenvalue weighted by Crippen LogP contribution is 2.26. The molecule has 2 heterocycles. The van der Waals surface area contributed by atoms with Crippen LogP contribution in [0.2, 0.25) is 0 Å². The van der Waals surface area contributed by atoms with Crippen molar-refractivity contribution in [3.63, 3.8) is 0 Å². The summed E-state index contributed by atoms with van der Waals surface area (Å²) in [4.78, 5) is 19.8. The third-order valence-corrected chi connectivity index (χ3v) is 4.10. The van der Waals surface area contributed by atoms with Gasteiger partial charge in [-0.15, -0.1) is 0 Å². The summed E-state index contributed by atoms with van der Waals surface area (Å²) in [5.74, 6) is 1.16. The SMILES string of the molecule is O=c1[nH]c(-c2cc3ccccc3o2)nc2c1CCCCC2. The van der Waals surface area contributed by atoms with Crippen molar-refractivity contribution in [2.45, 2.75) is 32.1 Å². The van der Waals surface area contributed by atoms with Gasteiger partial charge in [0.25, 0.3) is 5.56 Å². The standard InChI is InChI=1S/C17H16N2O2/c20-17-12-7-2-1-3-8-13(12)18-16(19-17)15-10-11-6-4-5-9-14(11)21-15/h4-6,9-10H,1-3,7-8H2,(H,18,19,20). The van der Waals surface area contributed by atoms with Crippen molar-refractivity contribution in [2.24, 2.45) is 0 Å². The van der Waals surface area contributed by atoms with E-state index in [0.717, 1.165) is 54.3 Å². The molecule has 1 aliphatic carbocycles. The van der Waals surface area contributed by atoms with E-state index in [1.807, 2.05) is 30.3 Å². The predicted molar refractivity (Wildman–Crippen MR) is 81.3 cm³/mol. The van der Waals surface area contributed by atoms with Gasteiger partial charge in [-0.3, -0.25) is 4.79 Å². The minimum absolute atomic E-state index is 0.0163. The maximum absolute atomic E-state index is 12.3. The summed E-state index contributed by atoms with van der Waals surface area (Å²) in [6.45, 7) is 0. The van der Waals surface area contributed by atoms with Crippen LogP contribution in [0.15, 0.2) is 39.5 Å². The maximum Gasteiger partial charge on any atom is 0.254 e. The Bertz CT molecular complexity index is 828. The average Bonchev–Trinajstić information content (AvgIpc) is 2.78. The van der Waals surface area contributed by atoms with Crippen molar-refractivity contribution in [1.82, 2.24) is 9.97 Å². The molecule has 0 bridgehead atoms. The van der Waals surface area contributed by atoms with E-state index in [-0.39, 0.29) is 5.56 Å². The Labute approximate surface area is 121 Å². The van der Waals surface area contributed by atoms with E-state index in [1.54, 1.807) is 0 Å². The number of para-hydroxylation sites is 1. The number of fused-ring (bicyclic) bond motifs is 2. The van der Waals surface area contributed by atoms with Crippen LogP contribution in [0, 0.1) is 0 Å². The highest BCUT2D eigenvalue weighted by Gasteiger charge is 2.16. The van der Waals surface area contributed by atoms with Gasteiger partial charge >= 0.3 is 0 Å². The molecule has 2 aromatic heterocycles. The molecule has 21 heavy (non-hydrogen) atoms. The van der Waals surface area contributed by atoms with Crippen molar-refractivity contribution >= 4 is 11.0 Å². The molecule has 0 radical (unpaired) electrons. The normalized spacial score (nSPS) is 14.9. The second-order valence-electron chi connectivity index (χ2n) is 5.55.